The maximum atomic E-state index is 14.5. The number of aromatic nitrogens is 2. The van der Waals surface area contributed by atoms with Crippen molar-refractivity contribution in [2.24, 2.45) is 0 Å². The highest BCUT2D eigenvalue weighted by molar-refractivity contribution is 7.46. The largest absolute Gasteiger partial charge is 0.469 e. The molecule has 2 heterocycles. The molecule has 126 valence electrons. The van der Waals surface area contributed by atoms with E-state index in [9.17, 15) is 18.1 Å². The molecule has 4 N–H and O–H groups in total. The van der Waals surface area contributed by atoms with Crippen LogP contribution in [0.25, 0.3) is 0 Å². The first-order valence-electron chi connectivity index (χ1n) is 6.12. The molecule has 9 nitrogen and oxygen atoms in total. The predicted molar refractivity (Wildman–Crippen MR) is 71.8 cm³/mol. The lowest BCUT2D eigenvalue weighted by Gasteiger charge is -2.28. The molecule has 0 radical (unpaired) electrons. The second-order valence-corrected chi connectivity index (χ2v) is 6.04. The molecule has 0 spiro atoms. The smallest absolute Gasteiger partial charge is 0.381 e. The third kappa shape index (κ3) is 3.57. The van der Waals surface area contributed by atoms with E-state index in [0.717, 1.165) is 0 Å². The molecule has 1 aliphatic heterocycles. The van der Waals surface area contributed by atoms with E-state index in [0.29, 0.717) is 10.8 Å². The second kappa shape index (κ2) is 5.67. The number of phosphoric acid groups is 1. The minimum absolute atomic E-state index is 0.282. The van der Waals surface area contributed by atoms with Gasteiger partial charge in [-0.25, -0.2) is 18.1 Å². The third-order valence-corrected chi connectivity index (χ3v) is 3.63. The van der Waals surface area contributed by atoms with E-state index in [1.807, 2.05) is 5.92 Å². The summed E-state index contributed by atoms with van der Waals surface area (Å²) in [6.07, 6.45) is 5.18. The van der Waals surface area contributed by atoms with E-state index in [2.05, 4.69) is 9.51 Å². The molecule has 0 aliphatic carbocycles. The van der Waals surface area contributed by atoms with Gasteiger partial charge in [-0.3, -0.25) is 9.09 Å². The number of halogens is 2. The summed E-state index contributed by atoms with van der Waals surface area (Å²) < 4.78 is 48.3. The van der Waals surface area contributed by atoms with Crippen LogP contribution in [0.15, 0.2) is 11.0 Å². The first kappa shape index (κ1) is 17.5. The molecule has 1 aliphatic rings. The van der Waals surface area contributed by atoms with Crippen molar-refractivity contribution in [3.63, 3.8) is 0 Å². The molecule has 1 saturated heterocycles. The summed E-state index contributed by atoms with van der Waals surface area (Å²) in [6, 6.07) is 0. The number of terminal acetylenes is 1. The molecule has 23 heavy (non-hydrogen) atoms. The number of phosphoric ester groups is 1. The Bertz CT molecular complexity index is 774. The molecule has 1 aromatic rings. The van der Waals surface area contributed by atoms with E-state index < -0.39 is 49.8 Å². The fourth-order valence-corrected chi connectivity index (χ4v) is 2.45. The summed E-state index contributed by atoms with van der Waals surface area (Å²) in [5, 5.41) is 0. The van der Waals surface area contributed by atoms with Crippen molar-refractivity contribution < 1.29 is 32.4 Å². The zero-order chi connectivity index (χ0) is 17.5. The van der Waals surface area contributed by atoms with E-state index in [4.69, 9.17) is 26.7 Å². The molecular weight excluding hydrogens is 339 g/mol. The van der Waals surface area contributed by atoms with Gasteiger partial charge >= 0.3 is 13.5 Å². The van der Waals surface area contributed by atoms with Crippen LogP contribution in [0.4, 0.5) is 14.6 Å². The number of nitrogens with two attached hydrogens (primary N) is 1. The Balaban J connectivity index is 2.35. The van der Waals surface area contributed by atoms with Crippen LogP contribution in [0.5, 0.6) is 0 Å². The average molecular weight is 351 g/mol. The number of rotatable bonds is 4. The molecule has 2 atom stereocenters. The Labute approximate surface area is 128 Å². The van der Waals surface area contributed by atoms with Crippen molar-refractivity contribution in [2.45, 2.75) is 24.4 Å². The number of alkyl halides is 1. The summed E-state index contributed by atoms with van der Waals surface area (Å²) >= 11 is 0. The Kier molecular flexibility index (Phi) is 4.32. The number of nitrogen functional groups attached to an aromatic ring is 1. The molecule has 1 aromatic heterocycles. The van der Waals surface area contributed by atoms with Crippen molar-refractivity contribution in [3.05, 3.63) is 22.5 Å². The maximum absolute atomic E-state index is 14.5. The highest BCUT2D eigenvalue weighted by atomic mass is 31.2. The lowest BCUT2D eigenvalue weighted by molar-refractivity contribution is -0.201. The van der Waals surface area contributed by atoms with Crippen LogP contribution in [0.1, 0.15) is 12.8 Å². The minimum Gasteiger partial charge on any atom is -0.381 e. The fourth-order valence-electron chi connectivity index (χ4n) is 2.09. The molecule has 0 aromatic carbocycles. The lowest BCUT2D eigenvalue weighted by atomic mass is 10.1. The van der Waals surface area contributed by atoms with Gasteiger partial charge in [-0.2, -0.15) is 4.98 Å². The lowest BCUT2D eigenvalue weighted by Crippen LogP contribution is -2.43. The van der Waals surface area contributed by atoms with E-state index in [1.165, 1.54) is 0 Å². The number of anilines is 1. The van der Waals surface area contributed by atoms with Gasteiger partial charge in [-0.15, -0.1) is 6.42 Å². The summed E-state index contributed by atoms with van der Waals surface area (Å²) in [7, 11) is -4.94. The zero-order valence-corrected chi connectivity index (χ0v) is 12.4. The standard InChI is InChI=1S/C11H12F2N3O6P/c1-2-11(16-5-7(12)8(14)15-9(16)17)4-3-10(13,22-11)6-21-23(18,19)20/h1,5H,3-4,6H2,(H2,14,15,17)(H2,18,19,20)/t10-,11+/m0/s1. The first-order valence-corrected chi connectivity index (χ1v) is 7.65. The summed E-state index contributed by atoms with van der Waals surface area (Å²) in [5.41, 5.74) is 2.06. The van der Waals surface area contributed by atoms with Gasteiger partial charge in [0, 0.05) is 12.8 Å². The van der Waals surface area contributed by atoms with Crippen molar-refractivity contribution in [1.29, 1.82) is 0 Å². The topological polar surface area (TPSA) is 137 Å². The van der Waals surface area contributed by atoms with Gasteiger partial charge < -0.3 is 20.3 Å². The maximum Gasteiger partial charge on any atom is 0.469 e. The highest BCUT2D eigenvalue weighted by Crippen LogP contribution is 2.45. The zero-order valence-electron chi connectivity index (χ0n) is 11.5. The van der Waals surface area contributed by atoms with Crippen molar-refractivity contribution in [2.75, 3.05) is 12.3 Å². The van der Waals surface area contributed by atoms with Crippen LogP contribution in [0.2, 0.25) is 0 Å². The average Bonchev–Trinajstić information content (AvgIpc) is 2.80. The van der Waals surface area contributed by atoms with Crippen LogP contribution in [0.3, 0.4) is 0 Å². The summed E-state index contributed by atoms with van der Waals surface area (Å²) in [4.78, 5) is 32.2. The molecule has 0 unspecified atom stereocenters. The molecule has 0 amide bonds. The highest BCUT2D eigenvalue weighted by Gasteiger charge is 2.52. The Morgan fingerprint density at radius 3 is 2.83 bits per heavy atom. The van der Waals surface area contributed by atoms with Crippen molar-refractivity contribution in [1.82, 2.24) is 9.55 Å². The SMILES string of the molecule is C#C[C@]1(n2cc(F)c(N)nc2=O)CC[C@@](F)(COP(=O)(O)O)O1. The molecule has 1 fully saturated rings. The summed E-state index contributed by atoms with van der Waals surface area (Å²) in [6.45, 7) is -1.12. The van der Waals surface area contributed by atoms with Gasteiger partial charge in [0.05, 0.1) is 6.20 Å². The monoisotopic (exact) mass is 351 g/mol. The molecule has 2 rings (SSSR count). The van der Waals surface area contributed by atoms with Gasteiger partial charge in [0.2, 0.25) is 11.6 Å². The third-order valence-electron chi connectivity index (χ3n) is 3.16. The predicted octanol–water partition coefficient (Wildman–Crippen LogP) is -0.164. The Morgan fingerprint density at radius 2 is 2.26 bits per heavy atom. The summed E-state index contributed by atoms with van der Waals surface area (Å²) in [5.74, 6) is -2.36. The molecule has 12 heteroatoms. The van der Waals surface area contributed by atoms with Gasteiger partial charge in [0.15, 0.2) is 11.6 Å². The Hall–Kier alpha value is -1.83. The number of hydrogen-bond donors (Lipinski definition) is 3. The minimum atomic E-state index is -4.94. The van der Waals surface area contributed by atoms with Crippen LogP contribution in [-0.2, 0) is 19.6 Å². The number of hydrogen-bond acceptors (Lipinski definition) is 6. The second-order valence-electron chi connectivity index (χ2n) is 4.80. The fraction of sp³-hybridized carbons (Fsp3) is 0.455. The van der Waals surface area contributed by atoms with Crippen LogP contribution >= 0.6 is 7.82 Å². The van der Waals surface area contributed by atoms with Crippen molar-refractivity contribution >= 4 is 13.6 Å². The number of ether oxygens (including phenoxy) is 1. The molecular formula is C11H12F2N3O6P. The van der Waals surface area contributed by atoms with E-state index in [-0.39, 0.29) is 6.42 Å². The first-order chi connectivity index (χ1) is 10.5. The van der Waals surface area contributed by atoms with Gasteiger partial charge in [0.1, 0.15) is 6.61 Å². The van der Waals surface area contributed by atoms with Crippen LogP contribution in [-0.4, -0.2) is 31.8 Å². The van der Waals surface area contributed by atoms with Gasteiger partial charge in [-0.05, 0) is 5.92 Å². The van der Waals surface area contributed by atoms with Gasteiger partial charge in [0.25, 0.3) is 0 Å². The molecule has 0 bridgehead atoms. The van der Waals surface area contributed by atoms with Crippen LogP contribution in [0, 0.1) is 18.2 Å². The van der Waals surface area contributed by atoms with Crippen molar-refractivity contribution in [3.8, 4) is 12.3 Å². The van der Waals surface area contributed by atoms with Gasteiger partial charge in [-0.1, -0.05) is 0 Å². The quantitative estimate of drug-likeness (QED) is 0.503. The van der Waals surface area contributed by atoms with Crippen LogP contribution < -0.4 is 11.4 Å². The normalized spacial score (nSPS) is 27.8. The van der Waals surface area contributed by atoms with E-state index >= 15 is 0 Å². The Morgan fingerprint density at radius 1 is 1.61 bits per heavy atom. The molecule has 0 saturated carbocycles. The number of nitrogens with zero attached hydrogens (tertiary/aromatic N) is 2. The van der Waals surface area contributed by atoms with E-state index in [1.54, 1.807) is 0 Å².